The maximum atomic E-state index is 14.5. The standard InChI is InChI=1S/C24H24F3N5O3S/c1-14-2-4-16(11-18(14)25)24(22-29-13-30-36-22)6-8-32(12-24)23(35)31-19-10-15(20(26)27)3-5-17(19)21(34)28-7-9-33/h2-5,10-11,13,20,33H,6-9,12H2,1H3,(H,28,34)(H,31,35)/t24-/m0/s1. The molecule has 8 nitrogen and oxygen atoms in total. The fraction of sp³-hybridized carbons (Fsp3) is 0.333. The van der Waals surface area contributed by atoms with Gasteiger partial charge in [-0.3, -0.25) is 4.79 Å². The van der Waals surface area contributed by atoms with Gasteiger partial charge in [0.15, 0.2) is 0 Å². The van der Waals surface area contributed by atoms with E-state index >= 15 is 0 Å². The maximum Gasteiger partial charge on any atom is 0.321 e. The number of carbonyl (C=O) groups excluding carboxylic acids is 2. The molecule has 0 saturated carbocycles. The molecule has 190 valence electrons. The second-order valence-electron chi connectivity index (χ2n) is 8.48. The maximum absolute atomic E-state index is 14.5. The predicted molar refractivity (Wildman–Crippen MR) is 128 cm³/mol. The number of aliphatic hydroxyl groups is 1. The van der Waals surface area contributed by atoms with Crippen molar-refractivity contribution in [3.8, 4) is 0 Å². The van der Waals surface area contributed by atoms with Gasteiger partial charge >= 0.3 is 6.03 Å². The summed E-state index contributed by atoms with van der Waals surface area (Å²) in [4.78, 5) is 31.5. The summed E-state index contributed by atoms with van der Waals surface area (Å²) in [5, 5.41) is 14.6. The largest absolute Gasteiger partial charge is 0.395 e. The highest BCUT2D eigenvalue weighted by Gasteiger charge is 2.45. The van der Waals surface area contributed by atoms with Crippen molar-refractivity contribution in [1.82, 2.24) is 19.6 Å². The quantitative estimate of drug-likeness (QED) is 0.439. The number of urea groups is 1. The molecule has 1 atom stereocenters. The van der Waals surface area contributed by atoms with Crippen LogP contribution in [0.2, 0.25) is 0 Å². The Bertz CT molecular complexity index is 1260. The number of aromatic nitrogens is 2. The van der Waals surface area contributed by atoms with Gasteiger partial charge in [-0.05, 0) is 54.2 Å². The van der Waals surface area contributed by atoms with Gasteiger partial charge in [0.05, 0.1) is 23.3 Å². The van der Waals surface area contributed by atoms with Crippen LogP contribution in [0.15, 0.2) is 42.7 Å². The highest BCUT2D eigenvalue weighted by Crippen LogP contribution is 2.42. The number of anilines is 1. The van der Waals surface area contributed by atoms with E-state index in [1.54, 1.807) is 19.1 Å². The summed E-state index contributed by atoms with van der Waals surface area (Å²) in [7, 11) is 0. The Morgan fingerprint density at radius 3 is 2.72 bits per heavy atom. The van der Waals surface area contributed by atoms with Crippen LogP contribution in [0.3, 0.4) is 0 Å². The van der Waals surface area contributed by atoms with Gasteiger partial charge in [-0.25, -0.2) is 22.9 Å². The van der Waals surface area contributed by atoms with Crippen LogP contribution in [-0.2, 0) is 5.41 Å². The summed E-state index contributed by atoms with van der Waals surface area (Å²) in [6, 6.07) is 7.68. The van der Waals surface area contributed by atoms with Crippen LogP contribution in [0.25, 0.3) is 0 Å². The molecule has 1 aliphatic heterocycles. The molecule has 3 aromatic rings. The lowest BCUT2D eigenvalue weighted by molar-refractivity contribution is 0.0945. The number of halogens is 3. The Balaban J connectivity index is 1.62. The van der Waals surface area contributed by atoms with Crippen molar-refractivity contribution in [2.24, 2.45) is 0 Å². The molecule has 1 aliphatic rings. The molecule has 0 radical (unpaired) electrons. The number of carbonyl (C=O) groups is 2. The first-order valence-electron chi connectivity index (χ1n) is 11.2. The van der Waals surface area contributed by atoms with Gasteiger partial charge in [-0.15, -0.1) is 0 Å². The molecule has 1 fully saturated rings. The summed E-state index contributed by atoms with van der Waals surface area (Å²) in [6.07, 6.45) is -0.954. The number of likely N-dealkylation sites (tertiary alicyclic amines) is 1. The van der Waals surface area contributed by atoms with Crippen LogP contribution in [-0.4, -0.2) is 57.5 Å². The van der Waals surface area contributed by atoms with E-state index in [9.17, 15) is 22.8 Å². The van der Waals surface area contributed by atoms with Gasteiger partial charge in [0.2, 0.25) is 0 Å². The lowest BCUT2D eigenvalue weighted by atomic mass is 9.80. The molecule has 1 saturated heterocycles. The minimum atomic E-state index is -2.80. The van der Waals surface area contributed by atoms with Crippen molar-refractivity contribution in [3.05, 3.63) is 75.8 Å². The first kappa shape index (κ1) is 25.6. The number of aryl methyl sites for hydroxylation is 1. The molecule has 0 aliphatic carbocycles. The van der Waals surface area contributed by atoms with Crippen molar-refractivity contribution in [1.29, 1.82) is 0 Å². The van der Waals surface area contributed by atoms with Crippen LogP contribution >= 0.6 is 11.5 Å². The third-order valence-corrected chi connectivity index (χ3v) is 7.10. The zero-order chi connectivity index (χ0) is 25.9. The topological polar surface area (TPSA) is 107 Å². The summed E-state index contributed by atoms with van der Waals surface area (Å²) in [5.74, 6) is -0.999. The van der Waals surface area contributed by atoms with E-state index in [1.807, 2.05) is 0 Å². The number of rotatable bonds is 7. The molecule has 1 aromatic heterocycles. The fourth-order valence-electron chi connectivity index (χ4n) is 4.25. The number of nitrogens with zero attached hydrogens (tertiary/aromatic N) is 3. The molecule has 0 spiro atoms. The van der Waals surface area contributed by atoms with E-state index < -0.39 is 23.8 Å². The van der Waals surface area contributed by atoms with E-state index in [-0.39, 0.29) is 48.9 Å². The van der Waals surface area contributed by atoms with Crippen LogP contribution in [0.4, 0.5) is 23.7 Å². The van der Waals surface area contributed by atoms with Crippen molar-refractivity contribution in [2.45, 2.75) is 25.2 Å². The van der Waals surface area contributed by atoms with Gasteiger partial charge in [0, 0.05) is 25.2 Å². The van der Waals surface area contributed by atoms with Crippen molar-refractivity contribution < 1.29 is 27.9 Å². The van der Waals surface area contributed by atoms with E-state index in [0.29, 0.717) is 22.6 Å². The molecule has 3 amide bonds. The SMILES string of the molecule is Cc1ccc([C@]2(c3ncns3)CCN(C(=O)Nc3cc(C(F)F)ccc3C(=O)NCCO)C2)cc1F. The molecule has 12 heteroatoms. The summed E-state index contributed by atoms with van der Waals surface area (Å²) in [6.45, 7) is 1.75. The molecule has 2 aromatic carbocycles. The molecular formula is C24H24F3N5O3S. The van der Waals surface area contributed by atoms with Gasteiger partial charge in [0.25, 0.3) is 12.3 Å². The summed E-state index contributed by atoms with van der Waals surface area (Å²) in [5.41, 5.74) is -0.103. The zero-order valence-corrected chi connectivity index (χ0v) is 20.1. The first-order chi connectivity index (χ1) is 17.2. The van der Waals surface area contributed by atoms with E-state index in [0.717, 1.165) is 23.7 Å². The average Bonchev–Trinajstić information content (AvgIpc) is 3.55. The number of hydrogen-bond donors (Lipinski definition) is 3. The number of benzene rings is 2. The fourth-order valence-corrected chi connectivity index (χ4v) is 5.00. The minimum Gasteiger partial charge on any atom is -0.395 e. The number of alkyl halides is 2. The molecule has 36 heavy (non-hydrogen) atoms. The molecule has 0 unspecified atom stereocenters. The molecule has 2 heterocycles. The van der Waals surface area contributed by atoms with Crippen molar-refractivity contribution in [2.75, 3.05) is 31.6 Å². The molecule has 4 rings (SSSR count). The molecule has 3 N–H and O–H groups in total. The van der Waals surface area contributed by atoms with Gasteiger partial charge < -0.3 is 20.6 Å². The predicted octanol–water partition coefficient (Wildman–Crippen LogP) is 3.87. The average molecular weight is 520 g/mol. The summed E-state index contributed by atoms with van der Waals surface area (Å²) < 4.78 is 45.2. The van der Waals surface area contributed by atoms with Gasteiger partial charge in [0.1, 0.15) is 17.2 Å². The van der Waals surface area contributed by atoms with Crippen molar-refractivity contribution >= 4 is 29.2 Å². The highest BCUT2D eigenvalue weighted by atomic mass is 32.1. The Morgan fingerprint density at radius 1 is 1.25 bits per heavy atom. The monoisotopic (exact) mass is 519 g/mol. The second kappa shape index (κ2) is 10.6. The lowest BCUT2D eigenvalue weighted by Crippen LogP contribution is -2.38. The Hall–Kier alpha value is -3.51. The van der Waals surface area contributed by atoms with Gasteiger partial charge in [-0.2, -0.15) is 4.37 Å². The minimum absolute atomic E-state index is 0.0172. The lowest BCUT2D eigenvalue weighted by Gasteiger charge is -2.28. The van der Waals surface area contributed by atoms with Gasteiger partial charge in [-0.1, -0.05) is 18.2 Å². The van der Waals surface area contributed by atoms with Crippen LogP contribution < -0.4 is 10.6 Å². The molecule has 0 bridgehead atoms. The van der Waals surface area contributed by atoms with Crippen LogP contribution in [0, 0.1) is 12.7 Å². The third-order valence-electron chi connectivity index (χ3n) is 6.23. The third kappa shape index (κ3) is 5.05. The number of aliphatic hydroxyl groups excluding tert-OH is 1. The highest BCUT2D eigenvalue weighted by molar-refractivity contribution is 7.05. The smallest absolute Gasteiger partial charge is 0.321 e. The number of amides is 3. The first-order valence-corrected chi connectivity index (χ1v) is 11.9. The Kier molecular flexibility index (Phi) is 7.55. The molecular weight excluding hydrogens is 495 g/mol. The normalized spacial score (nSPS) is 17.4. The van der Waals surface area contributed by atoms with E-state index in [1.165, 1.54) is 23.4 Å². The Labute approximate surface area is 209 Å². The van der Waals surface area contributed by atoms with E-state index in [2.05, 4.69) is 20.0 Å². The zero-order valence-electron chi connectivity index (χ0n) is 19.3. The number of hydrogen-bond acceptors (Lipinski definition) is 6. The van der Waals surface area contributed by atoms with Crippen LogP contribution in [0.1, 0.15) is 44.9 Å². The Morgan fingerprint density at radius 2 is 2.06 bits per heavy atom. The summed E-state index contributed by atoms with van der Waals surface area (Å²) >= 11 is 1.16. The number of nitrogens with one attached hydrogen (secondary N) is 2. The van der Waals surface area contributed by atoms with E-state index in [4.69, 9.17) is 5.11 Å². The second-order valence-corrected chi connectivity index (χ2v) is 9.26. The van der Waals surface area contributed by atoms with Crippen LogP contribution in [0.5, 0.6) is 0 Å². The van der Waals surface area contributed by atoms with Crippen molar-refractivity contribution in [3.63, 3.8) is 0 Å².